The molecule has 1 aliphatic heterocycles. The number of rotatable bonds is 1. The van der Waals surface area contributed by atoms with Gasteiger partial charge >= 0.3 is 0 Å². The summed E-state index contributed by atoms with van der Waals surface area (Å²) in [6, 6.07) is 3.18. The van der Waals surface area contributed by atoms with Gasteiger partial charge in [0.15, 0.2) is 0 Å². The largest absolute Gasteiger partial charge is 0.506 e. The summed E-state index contributed by atoms with van der Waals surface area (Å²) < 4.78 is 13.3. The van der Waals surface area contributed by atoms with Crippen LogP contribution in [-0.4, -0.2) is 11.7 Å². The maximum absolute atomic E-state index is 13.1. The van der Waals surface area contributed by atoms with Gasteiger partial charge in [0, 0.05) is 11.6 Å². The lowest BCUT2D eigenvalue weighted by molar-refractivity contribution is 0.387. The average molecular weight is 274 g/mol. The van der Waals surface area contributed by atoms with Gasteiger partial charge in [0.25, 0.3) is 0 Å². The minimum absolute atomic E-state index is 0.0226. The molecule has 1 atom stereocenters. The molecule has 82 valence electrons. The normalized spacial score (nSPS) is 21.6. The van der Waals surface area contributed by atoms with Crippen molar-refractivity contribution in [2.45, 2.75) is 25.3 Å². The Labute approximate surface area is 96.6 Å². The molecule has 0 aromatic heterocycles. The van der Waals surface area contributed by atoms with Crippen LogP contribution < -0.4 is 5.32 Å². The van der Waals surface area contributed by atoms with Gasteiger partial charge in [-0.05, 0) is 41.4 Å². The van der Waals surface area contributed by atoms with Crippen molar-refractivity contribution in [3.05, 3.63) is 28.0 Å². The van der Waals surface area contributed by atoms with Crippen LogP contribution in [0, 0.1) is 5.82 Å². The number of nitrogens with one attached hydrogen (secondary N) is 1. The lowest BCUT2D eigenvalue weighted by Gasteiger charge is -2.24. The zero-order valence-corrected chi connectivity index (χ0v) is 9.85. The molecule has 4 heteroatoms. The van der Waals surface area contributed by atoms with Gasteiger partial charge in [-0.25, -0.2) is 4.39 Å². The van der Waals surface area contributed by atoms with E-state index in [1.165, 1.54) is 12.5 Å². The molecule has 0 radical (unpaired) electrons. The number of phenolic OH excluding ortho intramolecular Hbond substituents is 1. The molecule has 0 spiro atoms. The number of halogens is 2. The smallest absolute Gasteiger partial charge is 0.141 e. The second-order valence-corrected chi connectivity index (χ2v) is 4.59. The lowest BCUT2D eigenvalue weighted by atomic mass is 9.97. The second kappa shape index (κ2) is 4.49. The van der Waals surface area contributed by atoms with Crippen molar-refractivity contribution < 1.29 is 9.50 Å². The highest BCUT2D eigenvalue weighted by atomic mass is 79.9. The molecule has 15 heavy (non-hydrogen) atoms. The topological polar surface area (TPSA) is 32.3 Å². The fourth-order valence-electron chi connectivity index (χ4n) is 1.95. The number of piperidine rings is 1. The van der Waals surface area contributed by atoms with Crippen LogP contribution in [0.2, 0.25) is 0 Å². The van der Waals surface area contributed by atoms with E-state index in [0.717, 1.165) is 24.9 Å². The first-order valence-electron chi connectivity index (χ1n) is 5.10. The number of aromatic hydroxyl groups is 1. The summed E-state index contributed by atoms with van der Waals surface area (Å²) in [6.45, 7) is 0.957. The molecular weight excluding hydrogens is 261 g/mol. The summed E-state index contributed by atoms with van der Waals surface area (Å²) in [7, 11) is 0. The lowest BCUT2D eigenvalue weighted by Crippen LogP contribution is -2.26. The molecule has 1 saturated heterocycles. The highest BCUT2D eigenvalue weighted by molar-refractivity contribution is 9.10. The van der Waals surface area contributed by atoms with Gasteiger partial charge in [-0.2, -0.15) is 0 Å². The van der Waals surface area contributed by atoms with Crippen LogP contribution in [-0.2, 0) is 0 Å². The number of hydrogen-bond acceptors (Lipinski definition) is 2. The summed E-state index contributed by atoms with van der Waals surface area (Å²) >= 11 is 3.04. The van der Waals surface area contributed by atoms with Gasteiger partial charge in [0.05, 0.1) is 4.47 Å². The fourth-order valence-corrected chi connectivity index (χ4v) is 2.31. The average Bonchev–Trinajstić information content (AvgIpc) is 2.27. The van der Waals surface area contributed by atoms with Gasteiger partial charge in [0.1, 0.15) is 11.6 Å². The molecule has 1 heterocycles. The van der Waals surface area contributed by atoms with Gasteiger partial charge in [-0.15, -0.1) is 0 Å². The van der Waals surface area contributed by atoms with E-state index in [0.29, 0.717) is 0 Å². The van der Waals surface area contributed by atoms with Gasteiger partial charge < -0.3 is 10.4 Å². The molecule has 1 aromatic carbocycles. The minimum Gasteiger partial charge on any atom is -0.506 e. The van der Waals surface area contributed by atoms with E-state index in [4.69, 9.17) is 0 Å². The molecule has 2 nitrogen and oxygen atoms in total. The summed E-state index contributed by atoms with van der Waals surface area (Å²) in [5.74, 6) is -0.401. The van der Waals surface area contributed by atoms with E-state index in [-0.39, 0.29) is 16.3 Å². The van der Waals surface area contributed by atoms with Crippen molar-refractivity contribution in [3.8, 4) is 5.75 Å². The molecule has 1 aliphatic rings. The predicted molar refractivity (Wildman–Crippen MR) is 60.4 cm³/mol. The quantitative estimate of drug-likeness (QED) is 0.824. The van der Waals surface area contributed by atoms with E-state index >= 15 is 0 Å². The van der Waals surface area contributed by atoms with Gasteiger partial charge in [0.2, 0.25) is 0 Å². The molecule has 0 aliphatic carbocycles. The van der Waals surface area contributed by atoms with E-state index in [1.807, 2.05) is 0 Å². The minimum atomic E-state index is -0.424. The van der Waals surface area contributed by atoms with Crippen molar-refractivity contribution in [1.29, 1.82) is 0 Å². The Kier molecular flexibility index (Phi) is 3.26. The standard InChI is InChI=1S/C11H13BrFNO/c12-10-8(13)5-4-7(11(10)15)9-3-1-2-6-14-9/h4-5,9,14-15H,1-3,6H2/t9-/m0/s1. The van der Waals surface area contributed by atoms with Crippen molar-refractivity contribution in [2.24, 2.45) is 0 Å². The molecule has 1 aromatic rings. The SMILES string of the molecule is Oc1c([C@@H]2CCCCN2)ccc(F)c1Br. The van der Waals surface area contributed by atoms with Crippen LogP contribution in [0.25, 0.3) is 0 Å². The first-order chi connectivity index (χ1) is 7.20. The Morgan fingerprint density at radius 2 is 2.20 bits per heavy atom. The Hall–Kier alpha value is -0.610. The third-order valence-corrected chi connectivity index (χ3v) is 3.54. The number of phenols is 1. The molecule has 2 N–H and O–H groups in total. The first-order valence-corrected chi connectivity index (χ1v) is 5.89. The Morgan fingerprint density at radius 3 is 2.87 bits per heavy atom. The van der Waals surface area contributed by atoms with Crippen molar-refractivity contribution in [3.63, 3.8) is 0 Å². The number of benzene rings is 1. The Balaban J connectivity index is 2.31. The van der Waals surface area contributed by atoms with Crippen molar-refractivity contribution in [2.75, 3.05) is 6.54 Å². The zero-order chi connectivity index (χ0) is 10.8. The van der Waals surface area contributed by atoms with Crippen molar-refractivity contribution in [1.82, 2.24) is 5.32 Å². The van der Waals surface area contributed by atoms with Crippen LogP contribution in [0.4, 0.5) is 4.39 Å². The Morgan fingerprint density at radius 1 is 1.40 bits per heavy atom. The highest BCUT2D eigenvalue weighted by Crippen LogP contribution is 2.36. The third kappa shape index (κ3) is 2.16. The summed E-state index contributed by atoms with van der Waals surface area (Å²) in [6.07, 6.45) is 3.30. The summed E-state index contributed by atoms with van der Waals surface area (Å²) in [4.78, 5) is 0. The summed E-state index contributed by atoms with van der Waals surface area (Å²) in [5, 5.41) is 13.1. The van der Waals surface area contributed by atoms with Crippen LogP contribution in [0.15, 0.2) is 16.6 Å². The zero-order valence-electron chi connectivity index (χ0n) is 8.26. The maximum Gasteiger partial charge on any atom is 0.141 e. The van der Waals surface area contributed by atoms with Crippen LogP contribution in [0.1, 0.15) is 30.9 Å². The molecule has 0 bridgehead atoms. The van der Waals surface area contributed by atoms with Crippen LogP contribution >= 0.6 is 15.9 Å². The van der Waals surface area contributed by atoms with Crippen LogP contribution in [0.5, 0.6) is 5.75 Å². The van der Waals surface area contributed by atoms with Gasteiger partial charge in [-0.3, -0.25) is 0 Å². The van der Waals surface area contributed by atoms with E-state index in [1.54, 1.807) is 6.07 Å². The number of hydrogen-bond donors (Lipinski definition) is 2. The molecule has 1 fully saturated rings. The van der Waals surface area contributed by atoms with E-state index < -0.39 is 5.82 Å². The van der Waals surface area contributed by atoms with Gasteiger partial charge in [-0.1, -0.05) is 12.5 Å². The van der Waals surface area contributed by atoms with Crippen molar-refractivity contribution >= 4 is 15.9 Å². The Bertz CT molecular complexity index is 364. The van der Waals surface area contributed by atoms with Crippen LogP contribution in [0.3, 0.4) is 0 Å². The molecular formula is C11H13BrFNO. The van der Waals surface area contributed by atoms with E-state index in [2.05, 4.69) is 21.2 Å². The molecule has 0 amide bonds. The maximum atomic E-state index is 13.1. The molecule has 2 rings (SSSR count). The fraction of sp³-hybridized carbons (Fsp3) is 0.455. The second-order valence-electron chi connectivity index (χ2n) is 3.80. The highest BCUT2D eigenvalue weighted by Gasteiger charge is 2.20. The van der Waals surface area contributed by atoms with E-state index in [9.17, 15) is 9.50 Å². The predicted octanol–water partition coefficient (Wildman–Crippen LogP) is 3.11. The third-order valence-electron chi connectivity index (χ3n) is 2.79. The molecule has 0 saturated carbocycles. The monoisotopic (exact) mass is 273 g/mol. The first kappa shape index (κ1) is 10.9. The molecule has 0 unspecified atom stereocenters. The summed E-state index contributed by atoms with van der Waals surface area (Å²) in [5.41, 5.74) is 0.781.